The summed E-state index contributed by atoms with van der Waals surface area (Å²) in [6, 6.07) is 20.8. The van der Waals surface area contributed by atoms with Crippen LogP contribution in [0.15, 0.2) is 72.4 Å². The van der Waals surface area contributed by atoms with Gasteiger partial charge in [-0.15, -0.1) is 0 Å². The van der Waals surface area contributed by atoms with E-state index in [4.69, 9.17) is 11.6 Å². The second-order valence-electron chi connectivity index (χ2n) is 7.88. The zero-order valence-electron chi connectivity index (χ0n) is 17.7. The molecular weight excluding hydrogens is 408 g/mol. The standard InChI is InChI=1S/C26H23ClN2O2/c1-16-4-11-21(12-5-16)28-24-23(22-13-6-17(2)14-18(22)3)25(30)29(26(24)31)15-19-7-9-20(27)10-8-19/h4-14,28H,15H2,1-3H3. The minimum absolute atomic E-state index is 0.183. The van der Waals surface area contributed by atoms with Crippen LogP contribution in [0, 0.1) is 20.8 Å². The summed E-state index contributed by atoms with van der Waals surface area (Å²) < 4.78 is 0. The second kappa shape index (κ2) is 8.40. The fourth-order valence-electron chi connectivity index (χ4n) is 3.73. The van der Waals surface area contributed by atoms with Crippen LogP contribution in [-0.2, 0) is 16.1 Å². The highest BCUT2D eigenvalue weighted by molar-refractivity contribution is 6.36. The number of rotatable bonds is 5. The molecule has 156 valence electrons. The molecule has 31 heavy (non-hydrogen) atoms. The Balaban J connectivity index is 1.76. The van der Waals surface area contributed by atoms with Gasteiger partial charge < -0.3 is 5.32 Å². The molecule has 0 saturated carbocycles. The SMILES string of the molecule is Cc1ccc(NC2=C(c3ccc(C)cc3C)C(=O)N(Cc3ccc(Cl)cc3)C2=O)cc1. The van der Waals surface area contributed by atoms with Crippen LogP contribution in [0.4, 0.5) is 5.69 Å². The van der Waals surface area contributed by atoms with Crippen molar-refractivity contribution in [2.75, 3.05) is 5.32 Å². The van der Waals surface area contributed by atoms with E-state index in [0.717, 1.165) is 33.5 Å². The first kappa shape index (κ1) is 20.9. The van der Waals surface area contributed by atoms with Gasteiger partial charge in [0.2, 0.25) is 0 Å². The molecule has 0 unspecified atom stereocenters. The van der Waals surface area contributed by atoms with E-state index in [1.54, 1.807) is 12.1 Å². The number of halogens is 1. The van der Waals surface area contributed by atoms with Crippen LogP contribution in [0.1, 0.15) is 27.8 Å². The molecule has 3 aromatic rings. The highest BCUT2D eigenvalue weighted by Gasteiger charge is 2.39. The average Bonchev–Trinajstić information content (AvgIpc) is 2.96. The largest absolute Gasteiger partial charge is 0.350 e. The predicted octanol–water partition coefficient (Wildman–Crippen LogP) is 5.66. The maximum Gasteiger partial charge on any atom is 0.278 e. The first-order valence-electron chi connectivity index (χ1n) is 10.1. The molecule has 0 bridgehead atoms. The van der Waals surface area contributed by atoms with Gasteiger partial charge in [-0.25, -0.2) is 0 Å². The van der Waals surface area contributed by atoms with Crippen LogP contribution in [0.5, 0.6) is 0 Å². The number of nitrogens with one attached hydrogen (secondary N) is 1. The molecule has 0 atom stereocenters. The molecule has 4 nitrogen and oxygen atoms in total. The predicted molar refractivity (Wildman–Crippen MR) is 125 cm³/mol. The number of anilines is 1. The van der Waals surface area contributed by atoms with Gasteiger partial charge >= 0.3 is 0 Å². The van der Waals surface area contributed by atoms with Crippen molar-refractivity contribution in [3.8, 4) is 0 Å². The number of carbonyl (C=O) groups excluding carboxylic acids is 2. The van der Waals surface area contributed by atoms with Crippen molar-refractivity contribution in [2.45, 2.75) is 27.3 Å². The Morgan fingerprint density at radius 1 is 0.806 bits per heavy atom. The van der Waals surface area contributed by atoms with Crippen LogP contribution in [0.2, 0.25) is 5.02 Å². The summed E-state index contributed by atoms with van der Waals surface area (Å²) in [5.74, 6) is -0.642. The van der Waals surface area contributed by atoms with Gasteiger partial charge in [0.25, 0.3) is 11.8 Å². The maximum atomic E-state index is 13.5. The molecule has 0 radical (unpaired) electrons. The highest BCUT2D eigenvalue weighted by atomic mass is 35.5. The first-order valence-corrected chi connectivity index (χ1v) is 10.5. The van der Waals surface area contributed by atoms with Gasteiger partial charge in [-0.05, 0) is 61.7 Å². The molecule has 0 aliphatic carbocycles. The Morgan fingerprint density at radius 3 is 2.10 bits per heavy atom. The number of hydrogen-bond donors (Lipinski definition) is 1. The summed E-state index contributed by atoms with van der Waals surface area (Å²) in [5, 5.41) is 3.82. The van der Waals surface area contributed by atoms with E-state index in [9.17, 15) is 9.59 Å². The van der Waals surface area contributed by atoms with E-state index in [1.807, 2.05) is 75.4 Å². The number of nitrogens with zero attached hydrogens (tertiary/aromatic N) is 1. The maximum absolute atomic E-state index is 13.5. The molecule has 1 aliphatic rings. The lowest BCUT2D eigenvalue weighted by Gasteiger charge is -2.16. The van der Waals surface area contributed by atoms with E-state index < -0.39 is 0 Å². The third-order valence-corrected chi connectivity index (χ3v) is 5.65. The lowest BCUT2D eigenvalue weighted by Crippen LogP contribution is -2.32. The Labute approximate surface area is 187 Å². The monoisotopic (exact) mass is 430 g/mol. The highest BCUT2D eigenvalue weighted by Crippen LogP contribution is 2.33. The fraction of sp³-hybridized carbons (Fsp3) is 0.154. The zero-order valence-corrected chi connectivity index (χ0v) is 18.5. The normalized spacial score (nSPS) is 13.9. The van der Waals surface area contributed by atoms with Gasteiger partial charge in [0.1, 0.15) is 5.70 Å². The van der Waals surface area contributed by atoms with Crippen molar-refractivity contribution in [2.24, 2.45) is 0 Å². The molecule has 1 heterocycles. The Kier molecular flexibility index (Phi) is 5.66. The van der Waals surface area contributed by atoms with Crippen molar-refractivity contribution in [3.63, 3.8) is 0 Å². The number of imide groups is 1. The molecule has 4 rings (SSSR count). The molecule has 5 heteroatoms. The van der Waals surface area contributed by atoms with E-state index >= 15 is 0 Å². The van der Waals surface area contributed by atoms with Crippen molar-refractivity contribution in [1.29, 1.82) is 0 Å². The van der Waals surface area contributed by atoms with Crippen LogP contribution in [-0.4, -0.2) is 16.7 Å². The van der Waals surface area contributed by atoms with Gasteiger partial charge in [-0.2, -0.15) is 0 Å². The summed E-state index contributed by atoms with van der Waals surface area (Å²) in [5.41, 5.74) is 6.23. The number of carbonyl (C=O) groups is 2. The number of hydrogen-bond acceptors (Lipinski definition) is 3. The number of amides is 2. The second-order valence-corrected chi connectivity index (χ2v) is 8.32. The van der Waals surface area contributed by atoms with Gasteiger partial charge in [0.15, 0.2) is 0 Å². The molecule has 0 saturated heterocycles. The van der Waals surface area contributed by atoms with Crippen LogP contribution < -0.4 is 5.32 Å². The van der Waals surface area contributed by atoms with Gasteiger partial charge in [0, 0.05) is 10.7 Å². The van der Waals surface area contributed by atoms with Gasteiger partial charge in [-0.1, -0.05) is 65.2 Å². The topological polar surface area (TPSA) is 49.4 Å². The van der Waals surface area contributed by atoms with E-state index in [-0.39, 0.29) is 18.4 Å². The molecule has 2 amide bonds. The minimum Gasteiger partial charge on any atom is -0.350 e. The lowest BCUT2D eigenvalue weighted by atomic mass is 9.97. The smallest absolute Gasteiger partial charge is 0.278 e. The number of aryl methyl sites for hydroxylation is 3. The average molecular weight is 431 g/mol. The van der Waals surface area contributed by atoms with E-state index in [1.165, 1.54) is 4.90 Å². The quantitative estimate of drug-likeness (QED) is 0.531. The molecule has 3 aromatic carbocycles. The van der Waals surface area contributed by atoms with Crippen molar-refractivity contribution in [1.82, 2.24) is 4.90 Å². The summed E-state index contributed by atoms with van der Waals surface area (Å²) >= 11 is 5.98. The van der Waals surface area contributed by atoms with Crippen LogP contribution in [0.3, 0.4) is 0 Å². The summed E-state index contributed by atoms with van der Waals surface area (Å²) in [6.45, 7) is 6.15. The van der Waals surface area contributed by atoms with Gasteiger partial charge in [-0.3, -0.25) is 14.5 Å². The van der Waals surface area contributed by atoms with Crippen LogP contribution >= 0.6 is 11.6 Å². The summed E-state index contributed by atoms with van der Waals surface area (Å²) in [7, 11) is 0. The molecule has 0 aromatic heterocycles. The third-order valence-electron chi connectivity index (χ3n) is 5.39. The van der Waals surface area contributed by atoms with Crippen LogP contribution in [0.25, 0.3) is 5.57 Å². The summed E-state index contributed by atoms with van der Waals surface area (Å²) in [6.07, 6.45) is 0. The van der Waals surface area contributed by atoms with Crippen molar-refractivity contribution in [3.05, 3.63) is 105 Å². The molecule has 1 N–H and O–H groups in total. The first-order chi connectivity index (χ1) is 14.8. The Hall–Kier alpha value is -3.37. The number of benzene rings is 3. The summed E-state index contributed by atoms with van der Waals surface area (Å²) in [4.78, 5) is 28.1. The Bertz CT molecular complexity index is 1200. The Morgan fingerprint density at radius 2 is 1.45 bits per heavy atom. The zero-order chi connectivity index (χ0) is 22.1. The molecule has 1 aliphatic heterocycles. The minimum atomic E-state index is -0.338. The van der Waals surface area contributed by atoms with Gasteiger partial charge in [0.05, 0.1) is 12.1 Å². The van der Waals surface area contributed by atoms with E-state index in [0.29, 0.717) is 16.3 Å². The molecular formula is C26H23ClN2O2. The third kappa shape index (κ3) is 4.25. The van der Waals surface area contributed by atoms with Crippen molar-refractivity contribution < 1.29 is 9.59 Å². The molecule has 0 fully saturated rings. The molecule has 0 spiro atoms. The van der Waals surface area contributed by atoms with E-state index in [2.05, 4.69) is 5.32 Å². The fourth-order valence-corrected chi connectivity index (χ4v) is 3.86. The van der Waals surface area contributed by atoms with Crippen molar-refractivity contribution >= 4 is 34.7 Å². The lowest BCUT2D eigenvalue weighted by molar-refractivity contribution is -0.137.